The Balaban J connectivity index is 2.85. The number of halogens is 2. The Kier molecular flexibility index (Phi) is 5.12. The van der Waals surface area contributed by atoms with Gasteiger partial charge in [-0.25, -0.2) is 4.79 Å². The molecule has 0 aromatic carbocycles. The van der Waals surface area contributed by atoms with Crippen LogP contribution in [0, 0.1) is 0 Å². The second-order valence-corrected chi connectivity index (χ2v) is 4.75. The Morgan fingerprint density at radius 1 is 1.69 bits per heavy atom. The zero-order valence-electron chi connectivity index (χ0n) is 8.50. The van der Waals surface area contributed by atoms with Crippen molar-refractivity contribution in [3.8, 4) is 5.75 Å². The van der Waals surface area contributed by atoms with E-state index < -0.39 is 5.97 Å². The third-order valence-corrected chi connectivity index (χ3v) is 3.62. The number of aromatic carboxylic acids is 1. The molecule has 0 fully saturated rings. The summed E-state index contributed by atoms with van der Waals surface area (Å²) in [7, 11) is 0. The normalized spacial score (nSPS) is 11.6. The van der Waals surface area contributed by atoms with Crippen LogP contribution in [-0.4, -0.2) is 17.7 Å². The molecule has 0 radical (unpaired) electrons. The predicted octanol–water partition coefficient (Wildman–Crippen LogP) is 3.71. The van der Waals surface area contributed by atoms with Gasteiger partial charge in [0.1, 0.15) is 12.4 Å². The quantitative estimate of drug-likeness (QED) is 0.895. The smallest absolute Gasteiger partial charge is 0.349 e. The van der Waals surface area contributed by atoms with E-state index in [1.165, 1.54) is 16.9 Å². The zero-order valence-corrected chi connectivity index (χ0v) is 10.8. The molecule has 0 saturated heterocycles. The first-order chi connectivity index (χ1) is 7.58. The predicted molar refractivity (Wildman–Crippen MR) is 65.9 cm³/mol. The average Bonchev–Trinajstić information content (AvgIpc) is 2.69. The van der Waals surface area contributed by atoms with Crippen LogP contribution in [0.5, 0.6) is 5.75 Å². The molecule has 1 aromatic heterocycles. The lowest BCUT2D eigenvalue weighted by molar-refractivity contribution is 0.0698. The van der Waals surface area contributed by atoms with E-state index in [0.29, 0.717) is 10.8 Å². The van der Waals surface area contributed by atoms with Crippen LogP contribution < -0.4 is 4.74 Å². The largest absolute Gasteiger partial charge is 0.486 e. The molecule has 0 aliphatic rings. The summed E-state index contributed by atoms with van der Waals surface area (Å²) < 4.78 is 5.28. The molecule has 0 atom stereocenters. The highest BCUT2D eigenvalue weighted by Gasteiger charge is 2.16. The first-order valence-electron chi connectivity index (χ1n) is 4.52. The van der Waals surface area contributed by atoms with Crippen molar-refractivity contribution in [3.63, 3.8) is 0 Å². The van der Waals surface area contributed by atoms with Gasteiger partial charge in [0.15, 0.2) is 4.88 Å². The molecular formula is C10H10Cl2O3S. The summed E-state index contributed by atoms with van der Waals surface area (Å²) in [6.07, 6.45) is 0.771. The van der Waals surface area contributed by atoms with E-state index in [0.717, 1.165) is 11.3 Å². The summed E-state index contributed by atoms with van der Waals surface area (Å²) in [6.45, 7) is 2.03. The van der Waals surface area contributed by atoms with Gasteiger partial charge < -0.3 is 9.84 Å². The maximum atomic E-state index is 10.9. The molecule has 3 nitrogen and oxygen atoms in total. The summed E-state index contributed by atoms with van der Waals surface area (Å²) in [5, 5.41) is 9.28. The van der Waals surface area contributed by atoms with Crippen LogP contribution in [-0.2, 0) is 6.42 Å². The van der Waals surface area contributed by atoms with Gasteiger partial charge >= 0.3 is 5.97 Å². The Labute approximate surface area is 107 Å². The van der Waals surface area contributed by atoms with Crippen molar-refractivity contribution in [1.82, 2.24) is 0 Å². The van der Waals surface area contributed by atoms with Crippen molar-refractivity contribution in [2.24, 2.45) is 0 Å². The number of rotatable bonds is 5. The maximum Gasteiger partial charge on any atom is 0.349 e. The van der Waals surface area contributed by atoms with E-state index in [2.05, 4.69) is 0 Å². The molecule has 0 spiro atoms. The molecule has 0 bridgehead atoms. The highest BCUT2D eigenvalue weighted by molar-refractivity contribution is 7.14. The van der Waals surface area contributed by atoms with Crippen LogP contribution in [0.1, 0.15) is 21.5 Å². The SMILES string of the molecule is CCc1cc(OCC(Cl)=CCl)c(C(=O)O)s1. The van der Waals surface area contributed by atoms with E-state index in [-0.39, 0.29) is 11.5 Å². The van der Waals surface area contributed by atoms with Crippen molar-refractivity contribution < 1.29 is 14.6 Å². The first kappa shape index (κ1) is 13.4. The van der Waals surface area contributed by atoms with Gasteiger partial charge in [0.25, 0.3) is 0 Å². The number of carboxylic acids is 1. The zero-order chi connectivity index (χ0) is 12.1. The van der Waals surface area contributed by atoms with Gasteiger partial charge in [-0.2, -0.15) is 0 Å². The van der Waals surface area contributed by atoms with Gasteiger partial charge in [-0.3, -0.25) is 0 Å². The number of hydrogen-bond donors (Lipinski definition) is 1. The Hall–Kier alpha value is -0.710. The minimum atomic E-state index is -0.995. The van der Waals surface area contributed by atoms with Gasteiger partial charge in [-0.05, 0) is 12.5 Å². The third kappa shape index (κ3) is 3.40. The van der Waals surface area contributed by atoms with Crippen molar-refractivity contribution in [2.45, 2.75) is 13.3 Å². The fourth-order valence-electron chi connectivity index (χ4n) is 1.03. The fraction of sp³-hybridized carbons (Fsp3) is 0.300. The molecule has 6 heteroatoms. The monoisotopic (exact) mass is 280 g/mol. The third-order valence-electron chi connectivity index (χ3n) is 1.78. The minimum Gasteiger partial charge on any atom is -0.486 e. The molecular weight excluding hydrogens is 271 g/mol. The molecule has 1 rings (SSSR count). The van der Waals surface area contributed by atoms with Crippen molar-refractivity contribution in [3.05, 3.63) is 26.4 Å². The fourth-order valence-corrected chi connectivity index (χ4v) is 2.03. The first-order valence-corrected chi connectivity index (χ1v) is 6.15. The molecule has 88 valence electrons. The van der Waals surface area contributed by atoms with Crippen LogP contribution in [0.3, 0.4) is 0 Å². The molecule has 1 heterocycles. The molecule has 0 aliphatic heterocycles. The van der Waals surface area contributed by atoms with Gasteiger partial charge in [0.2, 0.25) is 0 Å². The number of carboxylic acid groups (broad SMARTS) is 1. The second kappa shape index (κ2) is 6.13. The van der Waals surface area contributed by atoms with Crippen molar-refractivity contribution in [2.75, 3.05) is 6.61 Å². The van der Waals surface area contributed by atoms with Crippen LogP contribution in [0.2, 0.25) is 0 Å². The number of thiophene rings is 1. The molecule has 0 amide bonds. The van der Waals surface area contributed by atoms with Crippen LogP contribution >= 0.6 is 34.5 Å². The van der Waals surface area contributed by atoms with Crippen molar-refractivity contribution in [1.29, 1.82) is 0 Å². The summed E-state index contributed by atoms with van der Waals surface area (Å²) in [6, 6.07) is 1.71. The molecule has 1 aromatic rings. The molecule has 0 aliphatic carbocycles. The summed E-state index contributed by atoms with van der Waals surface area (Å²) in [4.78, 5) is 12.1. The Morgan fingerprint density at radius 2 is 2.38 bits per heavy atom. The topological polar surface area (TPSA) is 46.5 Å². The Morgan fingerprint density at radius 3 is 2.88 bits per heavy atom. The van der Waals surface area contributed by atoms with Gasteiger partial charge in [0.05, 0.1) is 5.03 Å². The highest BCUT2D eigenvalue weighted by Crippen LogP contribution is 2.30. The maximum absolute atomic E-state index is 10.9. The lowest BCUT2D eigenvalue weighted by Gasteiger charge is -2.03. The highest BCUT2D eigenvalue weighted by atomic mass is 35.5. The lowest BCUT2D eigenvalue weighted by atomic mass is 10.3. The summed E-state index contributed by atoms with van der Waals surface area (Å²) in [5.41, 5.74) is 1.19. The van der Waals surface area contributed by atoms with E-state index in [9.17, 15) is 4.79 Å². The van der Waals surface area contributed by atoms with E-state index >= 15 is 0 Å². The van der Waals surface area contributed by atoms with Crippen molar-refractivity contribution >= 4 is 40.5 Å². The summed E-state index contributed by atoms with van der Waals surface area (Å²) in [5.74, 6) is -0.656. The van der Waals surface area contributed by atoms with Crippen LogP contribution in [0.15, 0.2) is 16.6 Å². The van der Waals surface area contributed by atoms with Crippen LogP contribution in [0.25, 0.3) is 0 Å². The van der Waals surface area contributed by atoms with Crippen LogP contribution in [0.4, 0.5) is 0 Å². The molecule has 16 heavy (non-hydrogen) atoms. The van der Waals surface area contributed by atoms with Gasteiger partial charge in [-0.15, -0.1) is 11.3 Å². The average molecular weight is 281 g/mol. The molecule has 0 unspecified atom stereocenters. The second-order valence-electron chi connectivity index (χ2n) is 2.91. The Bertz CT molecular complexity index is 412. The van der Waals surface area contributed by atoms with E-state index in [4.69, 9.17) is 33.0 Å². The molecule has 1 N–H and O–H groups in total. The number of aryl methyl sites for hydroxylation is 1. The van der Waals surface area contributed by atoms with E-state index in [1.54, 1.807) is 6.07 Å². The number of ether oxygens (including phenoxy) is 1. The number of carbonyl (C=O) groups is 1. The lowest BCUT2D eigenvalue weighted by Crippen LogP contribution is -2.01. The summed E-state index contributed by atoms with van der Waals surface area (Å²) >= 11 is 12.2. The van der Waals surface area contributed by atoms with Gasteiger partial charge in [0, 0.05) is 10.4 Å². The van der Waals surface area contributed by atoms with Gasteiger partial charge in [-0.1, -0.05) is 30.1 Å². The minimum absolute atomic E-state index is 0.0746. The standard InChI is InChI=1S/C10H10Cl2O3S/c1-2-7-3-8(9(16-7)10(13)14)15-5-6(12)4-11/h3-4H,2,5H2,1H3,(H,13,14). The molecule has 0 saturated carbocycles. The van der Waals surface area contributed by atoms with E-state index in [1.807, 2.05) is 6.92 Å². The number of hydrogen-bond acceptors (Lipinski definition) is 3.